The van der Waals surface area contributed by atoms with E-state index in [1.807, 2.05) is 6.07 Å². The molecule has 1 amide bonds. The number of furan rings is 1. The fourth-order valence-corrected chi connectivity index (χ4v) is 1.17. The lowest BCUT2D eigenvalue weighted by Gasteiger charge is -1.97. The minimum atomic E-state index is -0.368. The van der Waals surface area contributed by atoms with Gasteiger partial charge < -0.3 is 9.73 Å². The fraction of sp³-hybridized carbons (Fsp3) is 0.100. The molecule has 0 aliphatic carbocycles. The van der Waals surface area contributed by atoms with Crippen molar-refractivity contribution in [3.8, 4) is 6.07 Å². The van der Waals surface area contributed by atoms with Gasteiger partial charge in [0.15, 0.2) is 11.6 Å². The average Bonchev–Trinajstić information content (AvgIpc) is 2.89. The third kappa shape index (κ3) is 2.09. The molecule has 0 aliphatic heterocycles. The van der Waals surface area contributed by atoms with Gasteiger partial charge >= 0.3 is 0 Å². The molecule has 2 aromatic rings. The first-order chi connectivity index (χ1) is 7.79. The molecule has 1 N–H and O–H groups in total. The van der Waals surface area contributed by atoms with Crippen molar-refractivity contribution in [3.05, 3.63) is 36.4 Å². The van der Waals surface area contributed by atoms with Gasteiger partial charge in [0.05, 0.1) is 12.3 Å². The Hall–Kier alpha value is -2.55. The van der Waals surface area contributed by atoms with Crippen molar-refractivity contribution in [3.63, 3.8) is 0 Å². The Bertz CT molecular complexity index is 521. The summed E-state index contributed by atoms with van der Waals surface area (Å²) in [6.07, 6.45) is 3.03. The molecule has 0 bridgehead atoms. The van der Waals surface area contributed by atoms with Crippen molar-refractivity contribution < 1.29 is 9.21 Å². The van der Waals surface area contributed by atoms with Gasteiger partial charge in [-0.1, -0.05) is 0 Å². The van der Waals surface area contributed by atoms with Crippen molar-refractivity contribution in [2.45, 2.75) is 6.54 Å². The molecule has 0 saturated heterocycles. The van der Waals surface area contributed by atoms with Crippen molar-refractivity contribution in [2.24, 2.45) is 0 Å². The topological polar surface area (TPSA) is 83.9 Å². The van der Waals surface area contributed by atoms with Crippen LogP contribution in [0.5, 0.6) is 0 Å². The number of nitrogens with one attached hydrogen (secondary N) is 1. The van der Waals surface area contributed by atoms with Crippen LogP contribution in [0.3, 0.4) is 0 Å². The van der Waals surface area contributed by atoms with Crippen LogP contribution in [0.25, 0.3) is 0 Å². The summed E-state index contributed by atoms with van der Waals surface area (Å²) >= 11 is 0. The van der Waals surface area contributed by atoms with E-state index in [9.17, 15) is 4.79 Å². The Morgan fingerprint density at radius 2 is 2.50 bits per heavy atom. The molecule has 6 nitrogen and oxygen atoms in total. The smallest absolute Gasteiger partial charge is 0.292 e. The Balaban J connectivity index is 2.04. The maximum atomic E-state index is 11.5. The monoisotopic (exact) mass is 216 g/mol. The van der Waals surface area contributed by atoms with Crippen LogP contribution >= 0.6 is 0 Å². The summed E-state index contributed by atoms with van der Waals surface area (Å²) in [6.45, 7) is 0.149. The molecule has 0 aromatic carbocycles. The van der Waals surface area contributed by atoms with E-state index in [-0.39, 0.29) is 18.2 Å². The quantitative estimate of drug-likeness (QED) is 0.836. The lowest BCUT2D eigenvalue weighted by atomic mass is 10.4. The van der Waals surface area contributed by atoms with E-state index >= 15 is 0 Å². The molecule has 0 saturated carbocycles. The van der Waals surface area contributed by atoms with E-state index in [2.05, 4.69) is 10.4 Å². The minimum absolute atomic E-state index is 0.149. The summed E-state index contributed by atoms with van der Waals surface area (Å²) in [7, 11) is 0. The second-order valence-electron chi connectivity index (χ2n) is 2.99. The summed E-state index contributed by atoms with van der Waals surface area (Å²) in [5.41, 5.74) is 0. The van der Waals surface area contributed by atoms with E-state index in [1.165, 1.54) is 10.9 Å². The average molecular weight is 216 g/mol. The molecule has 0 aliphatic rings. The van der Waals surface area contributed by atoms with Gasteiger partial charge in [-0.25, -0.2) is 0 Å². The van der Waals surface area contributed by atoms with E-state index in [0.717, 1.165) is 0 Å². The van der Waals surface area contributed by atoms with Gasteiger partial charge in [-0.2, -0.15) is 10.4 Å². The highest BCUT2D eigenvalue weighted by atomic mass is 16.3. The van der Waals surface area contributed by atoms with Crippen LogP contribution in [-0.2, 0) is 6.54 Å². The normalized spacial score (nSPS) is 9.69. The number of aromatic nitrogens is 2. The zero-order valence-corrected chi connectivity index (χ0v) is 8.25. The first-order valence-corrected chi connectivity index (χ1v) is 4.55. The molecule has 0 fully saturated rings. The molecule has 0 unspecified atom stereocenters. The standard InChI is InChI=1S/C10H8N4O2/c11-4-6-14-5-3-9(13-14)12-10(15)8-2-1-7-16-8/h1-3,5,7H,6H2,(H,12,13,15). The van der Waals surface area contributed by atoms with E-state index in [1.54, 1.807) is 24.4 Å². The molecule has 2 rings (SSSR count). The van der Waals surface area contributed by atoms with Crippen LogP contribution in [0.15, 0.2) is 35.1 Å². The highest BCUT2D eigenvalue weighted by Crippen LogP contribution is 2.06. The summed E-state index contributed by atoms with van der Waals surface area (Å²) in [5.74, 6) is 0.235. The van der Waals surface area contributed by atoms with Gasteiger partial charge in [0.2, 0.25) is 0 Å². The van der Waals surface area contributed by atoms with Gasteiger partial charge in [0.25, 0.3) is 5.91 Å². The Morgan fingerprint density at radius 3 is 3.19 bits per heavy atom. The zero-order valence-electron chi connectivity index (χ0n) is 8.25. The van der Waals surface area contributed by atoms with Gasteiger partial charge in [-0.3, -0.25) is 9.48 Å². The second-order valence-corrected chi connectivity index (χ2v) is 2.99. The largest absolute Gasteiger partial charge is 0.459 e. The number of nitriles is 1. The molecule has 16 heavy (non-hydrogen) atoms. The predicted molar refractivity (Wildman–Crippen MR) is 54.5 cm³/mol. The molecule has 0 spiro atoms. The van der Waals surface area contributed by atoms with Crippen molar-refractivity contribution in [1.82, 2.24) is 9.78 Å². The van der Waals surface area contributed by atoms with Crippen LogP contribution in [0.1, 0.15) is 10.6 Å². The summed E-state index contributed by atoms with van der Waals surface area (Å²) in [5, 5.41) is 15.0. The maximum Gasteiger partial charge on any atom is 0.292 e. The third-order valence-corrected chi connectivity index (χ3v) is 1.86. The zero-order chi connectivity index (χ0) is 11.4. The third-order valence-electron chi connectivity index (χ3n) is 1.86. The number of rotatable bonds is 3. The molecule has 80 valence electrons. The molecular weight excluding hydrogens is 208 g/mol. The minimum Gasteiger partial charge on any atom is -0.459 e. The highest BCUT2D eigenvalue weighted by molar-refractivity contribution is 6.01. The molecule has 0 atom stereocenters. The van der Waals surface area contributed by atoms with Gasteiger partial charge in [0.1, 0.15) is 6.54 Å². The summed E-state index contributed by atoms with van der Waals surface area (Å²) in [6, 6.07) is 6.74. The van der Waals surface area contributed by atoms with Crippen LogP contribution < -0.4 is 5.32 Å². The van der Waals surface area contributed by atoms with E-state index in [0.29, 0.717) is 5.82 Å². The highest BCUT2D eigenvalue weighted by Gasteiger charge is 2.09. The van der Waals surface area contributed by atoms with Crippen molar-refractivity contribution >= 4 is 11.7 Å². The van der Waals surface area contributed by atoms with E-state index in [4.69, 9.17) is 9.68 Å². The van der Waals surface area contributed by atoms with Crippen LogP contribution in [0.4, 0.5) is 5.82 Å². The lowest BCUT2D eigenvalue weighted by molar-refractivity contribution is 0.0996. The molecule has 2 heterocycles. The molecular formula is C10H8N4O2. The first kappa shape index (κ1) is 9.98. The number of nitrogens with zero attached hydrogens (tertiary/aromatic N) is 3. The Morgan fingerprint density at radius 1 is 1.62 bits per heavy atom. The molecule has 6 heteroatoms. The number of hydrogen-bond donors (Lipinski definition) is 1. The van der Waals surface area contributed by atoms with Crippen LogP contribution in [0.2, 0.25) is 0 Å². The number of carbonyl (C=O) groups excluding carboxylic acids is 1. The van der Waals surface area contributed by atoms with Crippen molar-refractivity contribution in [1.29, 1.82) is 5.26 Å². The number of carbonyl (C=O) groups is 1. The Kier molecular flexibility index (Phi) is 2.69. The number of amides is 1. The Labute approximate surface area is 91.1 Å². The molecule has 2 aromatic heterocycles. The predicted octanol–water partition coefficient (Wildman–Crippen LogP) is 1.25. The van der Waals surface area contributed by atoms with Gasteiger partial charge in [-0.15, -0.1) is 0 Å². The van der Waals surface area contributed by atoms with E-state index < -0.39 is 0 Å². The first-order valence-electron chi connectivity index (χ1n) is 4.55. The fourth-order valence-electron chi connectivity index (χ4n) is 1.17. The van der Waals surface area contributed by atoms with Crippen molar-refractivity contribution in [2.75, 3.05) is 5.32 Å². The summed E-state index contributed by atoms with van der Waals surface area (Å²) in [4.78, 5) is 11.5. The number of hydrogen-bond acceptors (Lipinski definition) is 4. The maximum absolute atomic E-state index is 11.5. The SMILES string of the molecule is N#CCn1ccc(NC(=O)c2ccco2)n1. The summed E-state index contributed by atoms with van der Waals surface area (Å²) < 4.78 is 6.35. The van der Waals surface area contributed by atoms with Gasteiger partial charge in [-0.05, 0) is 12.1 Å². The lowest BCUT2D eigenvalue weighted by Crippen LogP contribution is -2.11. The van der Waals surface area contributed by atoms with Crippen LogP contribution in [-0.4, -0.2) is 15.7 Å². The molecule has 0 radical (unpaired) electrons. The van der Waals surface area contributed by atoms with Gasteiger partial charge in [0, 0.05) is 12.3 Å². The van der Waals surface area contributed by atoms with Crippen LogP contribution in [0, 0.1) is 11.3 Å². The number of anilines is 1. The second kappa shape index (κ2) is 4.31.